The van der Waals surface area contributed by atoms with Crippen LogP contribution in [0.15, 0.2) is 35.7 Å². The number of rotatable bonds is 5. The van der Waals surface area contributed by atoms with E-state index in [2.05, 4.69) is 33.0 Å². The van der Waals surface area contributed by atoms with Gasteiger partial charge in [-0.3, -0.25) is 4.90 Å². The van der Waals surface area contributed by atoms with Crippen molar-refractivity contribution in [3.8, 4) is 5.75 Å². The van der Waals surface area contributed by atoms with E-state index in [4.69, 9.17) is 28.6 Å². The van der Waals surface area contributed by atoms with E-state index in [1.807, 2.05) is 23.5 Å². The van der Waals surface area contributed by atoms with Crippen molar-refractivity contribution >= 4 is 46.0 Å². The molecule has 0 aliphatic carbocycles. The third-order valence-corrected chi connectivity index (χ3v) is 5.61. The molecule has 1 aliphatic rings. The predicted octanol–water partition coefficient (Wildman–Crippen LogP) is 4.36. The van der Waals surface area contributed by atoms with E-state index in [9.17, 15) is 0 Å². The number of likely N-dealkylation sites (tertiary alicyclic amines) is 1. The Morgan fingerprint density at radius 1 is 1.36 bits per heavy atom. The number of nitrogens with one attached hydrogen (secondary N) is 2. The van der Waals surface area contributed by atoms with Gasteiger partial charge in [0.2, 0.25) is 0 Å². The first-order valence-electron chi connectivity index (χ1n) is 8.30. The zero-order valence-electron chi connectivity index (χ0n) is 14.1. The summed E-state index contributed by atoms with van der Waals surface area (Å²) in [6, 6.07) is 10.2. The molecule has 0 atom stereocenters. The first-order chi connectivity index (χ1) is 12.1. The van der Waals surface area contributed by atoms with Crippen LogP contribution in [-0.4, -0.2) is 36.3 Å². The lowest BCUT2D eigenvalue weighted by Gasteiger charge is -2.32. The molecule has 0 unspecified atom stereocenters. The minimum atomic E-state index is 0.393. The molecule has 3 rings (SSSR count). The summed E-state index contributed by atoms with van der Waals surface area (Å²) >= 11 is 13.3. The molecule has 4 nitrogen and oxygen atoms in total. The number of anilines is 1. The topological polar surface area (TPSA) is 36.5 Å². The Labute approximate surface area is 163 Å². The molecule has 1 aliphatic heterocycles. The number of benzene rings is 1. The number of nitrogens with zero attached hydrogens (tertiary/aromatic N) is 1. The molecule has 2 heterocycles. The normalized spacial score (nSPS) is 15.8. The van der Waals surface area contributed by atoms with Gasteiger partial charge in [-0.2, -0.15) is 0 Å². The summed E-state index contributed by atoms with van der Waals surface area (Å²) in [4.78, 5) is 3.93. The molecule has 0 amide bonds. The maximum atomic E-state index is 6.06. The van der Waals surface area contributed by atoms with Crippen LogP contribution < -0.4 is 15.4 Å². The van der Waals surface area contributed by atoms with E-state index in [1.165, 1.54) is 4.88 Å². The average Bonchev–Trinajstić information content (AvgIpc) is 3.10. The van der Waals surface area contributed by atoms with E-state index in [-0.39, 0.29) is 0 Å². The van der Waals surface area contributed by atoms with Crippen LogP contribution in [0.1, 0.15) is 17.7 Å². The Balaban J connectivity index is 1.47. The van der Waals surface area contributed by atoms with Crippen molar-refractivity contribution in [2.24, 2.45) is 0 Å². The van der Waals surface area contributed by atoms with Crippen LogP contribution in [0.5, 0.6) is 5.75 Å². The highest BCUT2D eigenvalue weighted by molar-refractivity contribution is 7.80. The van der Waals surface area contributed by atoms with Gasteiger partial charge in [-0.25, -0.2) is 0 Å². The highest BCUT2D eigenvalue weighted by Crippen LogP contribution is 2.27. The van der Waals surface area contributed by atoms with Crippen molar-refractivity contribution in [3.05, 3.63) is 45.6 Å². The summed E-state index contributed by atoms with van der Waals surface area (Å²) in [5.41, 5.74) is 0.780. The van der Waals surface area contributed by atoms with Gasteiger partial charge in [0.15, 0.2) is 5.11 Å². The maximum absolute atomic E-state index is 6.06. The smallest absolute Gasteiger partial charge is 0.171 e. The number of thiophene rings is 1. The van der Waals surface area contributed by atoms with E-state index < -0.39 is 0 Å². The summed E-state index contributed by atoms with van der Waals surface area (Å²) in [5, 5.41) is 10.0. The zero-order valence-corrected chi connectivity index (χ0v) is 16.5. The third-order valence-electron chi connectivity index (χ3n) is 4.29. The number of piperidine rings is 1. The van der Waals surface area contributed by atoms with Gasteiger partial charge in [0.1, 0.15) is 5.75 Å². The molecule has 1 fully saturated rings. The van der Waals surface area contributed by atoms with E-state index in [1.54, 1.807) is 13.2 Å². The fourth-order valence-electron chi connectivity index (χ4n) is 2.98. The van der Waals surface area contributed by atoms with Gasteiger partial charge in [-0.1, -0.05) is 17.7 Å². The maximum Gasteiger partial charge on any atom is 0.171 e. The SMILES string of the molecule is COc1ccc(Cl)cc1NC(=S)NC1CCN(Cc2cccs2)CC1. The molecule has 0 spiro atoms. The molecule has 25 heavy (non-hydrogen) atoms. The second-order valence-electron chi connectivity index (χ2n) is 6.07. The lowest BCUT2D eigenvalue weighted by atomic mass is 10.1. The molecule has 1 aromatic heterocycles. The second kappa shape index (κ2) is 8.85. The Morgan fingerprint density at radius 2 is 2.16 bits per heavy atom. The van der Waals surface area contributed by atoms with Crippen LogP contribution in [0.3, 0.4) is 0 Å². The third kappa shape index (κ3) is 5.31. The van der Waals surface area contributed by atoms with Crippen molar-refractivity contribution in [2.45, 2.75) is 25.4 Å². The van der Waals surface area contributed by atoms with Gasteiger partial charge in [0.25, 0.3) is 0 Å². The van der Waals surface area contributed by atoms with Crippen LogP contribution >= 0.6 is 35.2 Å². The summed E-state index contributed by atoms with van der Waals surface area (Å²) in [6.07, 6.45) is 2.17. The fraction of sp³-hybridized carbons (Fsp3) is 0.389. The Morgan fingerprint density at radius 3 is 2.84 bits per heavy atom. The molecule has 7 heteroatoms. The number of hydrogen-bond acceptors (Lipinski definition) is 4. The summed E-state index contributed by atoms with van der Waals surface area (Å²) in [5.74, 6) is 0.722. The quantitative estimate of drug-likeness (QED) is 0.735. The van der Waals surface area contributed by atoms with E-state index in [0.29, 0.717) is 16.2 Å². The predicted molar refractivity (Wildman–Crippen MR) is 110 cm³/mol. The lowest BCUT2D eigenvalue weighted by molar-refractivity contribution is 0.201. The van der Waals surface area contributed by atoms with Crippen molar-refractivity contribution in [2.75, 3.05) is 25.5 Å². The summed E-state index contributed by atoms with van der Waals surface area (Å²) in [6.45, 7) is 3.21. The molecule has 0 saturated carbocycles. The van der Waals surface area contributed by atoms with Gasteiger partial charge >= 0.3 is 0 Å². The molecular formula is C18H22ClN3OS2. The van der Waals surface area contributed by atoms with Crippen molar-refractivity contribution in [1.82, 2.24) is 10.2 Å². The number of hydrogen-bond donors (Lipinski definition) is 2. The van der Waals surface area contributed by atoms with Crippen LogP contribution in [0.2, 0.25) is 5.02 Å². The number of halogens is 1. The van der Waals surface area contributed by atoms with Gasteiger partial charge < -0.3 is 15.4 Å². The first-order valence-corrected chi connectivity index (χ1v) is 9.96. The van der Waals surface area contributed by atoms with Crippen LogP contribution in [0, 0.1) is 0 Å². The van der Waals surface area contributed by atoms with Gasteiger partial charge in [-0.15, -0.1) is 11.3 Å². The molecule has 2 aromatic rings. The average molecular weight is 396 g/mol. The van der Waals surface area contributed by atoms with E-state index in [0.717, 1.165) is 43.9 Å². The Hall–Kier alpha value is -1.34. The minimum Gasteiger partial charge on any atom is -0.495 e. The highest BCUT2D eigenvalue weighted by Gasteiger charge is 2.20. The minimum absolute atomic E-state index is 0.393. The molecule has 0 radical (unpaired) electrons. The second-order valence-corrected chi connectivity index (χ2v) is 7.95. The van der Waals surface area contributed by atoms with Crippen molar-refractivity contribution in [1.29, 1.82) is 0 Å². The van der Waals surface area contributed by atoms with Crippen molar-refractivity contribution < 1.29 is 4.74 Å². The van der Waals surface area contributed by atoms with Crippen LogP contribution in [-0.2, 0) is 6.54 Å². The number of thiocarbonyl (C=S) groups is 1. The molecular weight excluding hydrogens is 374 g/mol. The molecule has 2 N–H and O–H groups in total. The Bertz CT molecular complexity index is 700. The van der Waals surface area contributed by atoms with Crippen LogP contribution in [0.25, 0.3) is 0 Å². The monoisotopic (exact) mass is 395 g/mol. The van der Waals surface area contributed by atoms with Crippen LogP contribution in [0.4, 0.5) is 5.69 Å². The number of methoxy groups -OCH3 is 1. The summed E-state index contributed by atoms with van der Waals surface area (Å²) in [7, 11) is 1.63. The first kappa shape index (κ1) is 18.5. The van der Waals surface area contributed by atoms with Gasteiger partial charge in [0.05, 0.1) is 12.8 Å². The highest BCUT2D eigenvalue weighted by atomic mass is 35.5. The van der Waals surface area contributed by atoms with E-state index >= 15 is 0 Å². The van der Waals surface area contributed by atoms with Crippen molar-refractivity contribution in [3.63, 3.8) is 0 Å². The molecule has 1 saturated heterocycles. The molecule has 134 valence electrons. The summed E-state index contributed by atoms with van der Waals surface area (Å²) < 4.78 is 5.34. The fourth-order valence-corrected chi connectivity index (χ4v) is 4.17. The van der Waals surface area contributed by atoms with Gasteiger partial charge in [0, 0.05) is 35.6 Å². The lowest BCUT2D eigenvalue weighted by Crippen LogP contribution is -2.45. The van der Waals surface area contributed by atoms with Gasteiger partial charge in [-0.05, 0) is 54.7 Å². The standard InChI is InChI=1S/C18H22ClN3OS2/c1-23-17-5-4-13(19)11-16(17)21-18(24)20-14-6-8-22(9-7-14)12-15-3-2-10-25-15/h2-5,10-11,14H,6-9,12H2,1H3,(H2,20,21,24). The zero-order chi connectivity index (χ0) is 17.6. The molecule has 1 aromatic carbocycles. The Kier molecular flexibility index (Phi) is 6.53. The largest absolute Gasteiger partial charge is 0.495 e. The number of ether oxygens (including phenoxy) is 1. The molecule has 0 bridgehead atoms.